The van der Waals surface area contributed by atoms with E-state index in [-0.39, 0.29) is 11.8 Å². The van der Waals surface area contributed by atoms with Crippen LogP contribution in [-0.4, -0.2) is 11.8 Å². The molecule has 4 nitrogen and oxygen atoms in total. The summed E-state index contributed by atoms with van der Waals surface area (Å²) in [7, 11) is 0. The van der Waals surface area contributed by atoms with Crippen molar-refractivity contribution in [2.75, 3.05) is 5.32 Å². The molecule has 2 aliphatic heterocycles. The average molecular weight is 319 g/mol. The Morgan fingerprint density at radius 2 is 1.92 bits per heavy atom. The third-order valence-electron chi connectivity index (χ3n) is 4.80. The van der Waals surface area contributed by atoms with Crippen LogP contribution in [0, 0.1) is 6.92 Å². The van der Waals surface area contributed by atoms with Gasteiger partial charge < -0.3 is 5.32 Å². The van der Waals surface area contributed by atoms with Crippen LogP contribution in [0.2, 0.25) is 0 Å². The Morgan fingerprint density at radius 1 is 1.04 bits per heavy atom. The van der Waals surface area contributed by atoms with Gasteiger partial charge in [-0.25, -0.2) is 10.1 Å². The summed E-state index contributed by atoms with van der Waals surface area (Å²) in [6, 6.07) is 10.4. The van der Waals surface area contributed by atoms with Gasteiger partial charge in [0.05, 0.1) is 0 Å². The maximum Gasteiger partial charge on any atom is 0.340 e. The number of hydrogen-bond acceptors (Lipinski definition) is 2. The zero-order valence-corrected chi connectivity index (χ0v) is 13.6. The predicted octanol–water partition coefficient (Wildman–Crippen LogP) is 2.22. The summed E-state index contributed by atoms with van der Waals surface area (Å²) in [6.07, 6.45) is 5.61. The topological polar surface area (TPSA) is 62.8 Å². The summed E-state index contributed by atoms with van der Waals surface area (Å²) in [5.41, 5.74) is 7.67. The van der Waals surface area contributed by atoms with Gasteiger partial charge in [-0.1, -0.05) is 30.3 Å². The molecule has 24 heavy (non-hydrogen) atoms. The number of quaternary nitrogens is 1. The van der Waals surface area contributed by atoms with Gasteiger partial charge in [-0.2, -0.15) is 0 Å². The van der Waals surface area contributed by atoms with Crippen molar-refractivity contribution in [2.45, 2.75) is 26.2 Å². The van der Waals surface area contributed by atoms with Gasteiger partial charge in [0.25, 0.3) is 0 Å². The van der Waals surface area contributed by atoms with Crippen LogP contribution in [0.15, 0.2) is 36.4 Å². The maximum absolute atomic E-state index is 11.8. The van der Waals surface area contributed by atoms with Crippen molar-refractivity contribution in [3.63, 3.8) is 0 Å². The van der Waals surface area contributed by atoms with E-state index in [0.29, 0.717) is 6.42 Å². The van der Waals surface area contributed by atoms with Crippen LogP contribution in [0.5, 0.6) is 0 Å². The fourth-order valence-corrected chi connectivity index (χ4v) is 3.51. The molecule has 0 saturated heterocycles. The highest BCUT2D eigenvalue weighted by atomic mass is 16.2. The number of rotatable bonds is 2. The number of carbonyl (C=O) groups is 2. The molecule has 0 atom stereocenters. The number of primary amides is 1. The largest absolute Gasteiger partial charge is 0.340 e. The molecule has 4 heteroatoms. The van der Waals surface area contributed by atoms with Crippen LogP contribution in [0.4, 0.5) is 11.4 Å². The summed E-state index contributed by atoms with van der Waals surface area (Å²) in [4.78, 5) is 23.5. The molecule has 0 saturated carbocycles. The molecule has 0 aromatic heterocycles. The van der Waals surface area contributed by atoms with Crippen LogP contribution in [0.25, 0.3) is 6.08 Å². The molecule has 0 bridgehead atoms. The van der Waals surface area contributed by atoms with Crippen LogP contribution in [-0.2, 0) is 22.4 Å². The quantitative estimate of drug-likeness (QED) is 0.834. The van der Waals surface area contributed by atoms with Crippen molar-refractivity contribution in [3.8, 4) is 0 Å². The van der Waals surface area contributed by atoms with Gasteiger partial charge in [-0.3, -0.25) is 4.79 Å². The van der Waals surface area contributed by atoms with Gasteiger partial charge in [0.1, 0.15) is 5.69 Å². The molecular formula is C20H19N2O2+. The van der Waals surface area contributed by atoms with Crippen molar-refractivity contribution in [2.24, 2.45) is 0 Å². The van der Waals surface area contributed by atoms with E-state index in [1.165, 1.54) is 11.1 Å². The number of fused-ring (bicyclic) bond motifs is 2. The van der Waals surface area contributed by atoms with Crippen molar-refractivity contribution >= 4 is 29.3 Å². The lowest BCUT2D eigenvalue weighted by atomic mass is 9.91. The number of nitrogens with two attached hydrogens (primary N) is 1. The van der Waals surface area contributed by atoms with Crippen molar-refractivity contribution in [1.82, 2.24) is 0 Å². The minimum absolute atomic E-state index is 0.0344. The third kappa shape index (κ3) is 2.55. The zero-order chi connectivity index (χ0) is 16.7. The summed E-state index contributed by atoms with van der Waals surface area (Å²) in [6.45, 7) is 2.02. The van der Waals surface area contributed by atoms with E-state index in [9.17, 15) is 9.59 Å². The molecule has 2 aliphatic rings. The lowest BCUT2D eigenvalue weighted by Crippen LogP contribution is -2.83. The molecule has 0 aliphatic carbocycles. The molecule has 2 aromatic rings. The number of nitrogens with one attached hydrogen (secondary N) is 1. The van der Waals surface area contributed by atoms with Crippen LogP contribution >= 0.6 is 0 Å². The third-order valence-corrected chi connectivity index (χ3v) is 4.80. The van der Waals surface area contributed by atoms with Gasteiger partial charge >= 0.3 is 5.91 Å². The lowest BCUT2D eigenvalue weighted by molar-refractivity contribution is -0.479. The van der Waals surface area contributed by atoms with E-state index in [1.807, 2.05) is 13.0 Å². The first-order chi connectivity index (χ1) is 11.6. The van der Waals surface area contributed by atoms with Crippen molar-refractivity contribution in [1.29, 1.82) is 0 Å². The molecule has 0 unspecified atom stereocenters. The average Bonchev–Trinajstić information content (AvgIpc) is 2.58. The maximum atomic E-state index is 11.8. The molecule has 4 rings (SSSR count). The second kappa shape index (κ2) is 5.73. The van der Waals surface area contributed by atoms with Gasteiger partial charge in [-0.15, -0.1) is 0 Å². The van der Waals surface area contributed by atoms with Crippen LogP contribution < -0.4 is 10.6 Å². The van der Waals surface area contributed by atoms with Gasteiger partial charge in [0.2, 0.25) is 5.91 Å². The molecule has 3 N–H and O–H groups in total. The molecule has 2 amide bonds. The summed E-state index contributed by atoms with van der Waals surface area (Å²) in [5.74, 6) is 0.117. The number of aryl methyl sites for hydroxylation is 2. The molecule has 2 aromatic carbocycles. The SMILES string of the molecule is Cc1ccc(Cc2cccc3c2NC(=O)CC3)c2c1[NH2+]C(=O)C=C2. The first kappa shape index (κ1) is 14.8. The first-order valence-corrected chi connectivity index (χ1v) is 8.22. The van der Waals surface area contributed by atoms with E-state index in [2.05, 4.69) is 35.6 Å². The summed E-state index contributed by atoms with van der Waals surface area (Å²) in [5, 5.41) is 4.73. The Hall–Kier alpha value is -2.72. The number of carbonyl (C=O) groups excluding carboxylic acids is 2. The lowest BCUT2D eigenvalue weighted by Gasteiger charge is -2.21. The van der Waals surface area contributed by atoms with Crippen molar-refractivity contribution in [3.05, 3.63) is 64.2 Å². The fourth-order valence-electron chi connectivity index (χ4n) is 3.51. The molecule has 0 radical (unpaired) electrons. The number of hydrogen-bond donors (Lipinski definition) is 2. The molecule has 120 valence electrons. The highest BCUT2D eigenvalue weighted by molar-refractivity contribution is 5.95. The van der Waals surface area contributed by atoms with Crippen LogP contribution in [0.3, 0.4) is 0 Å². The predicted molar refractivity (Wildman–Crippen MR) is 93.0 cm³/mol. The zero-order valence-electron chi connectivity index (χ0n) is 13.6. The minimum Gasteiger partial charge on any atom is -0.326 e. The Kier molecular flexibility index (Phi) is 3.54. The van der Waals surface area contributed by atoms with E-state index >= 15 is 0 Å². The van der Waals surface area contributed by atoms with E-state index in [4.69, 9.17) is 0 Å². The highest BCUT2D eigenvalue weighted by Gasteiger charge is 2.22. The minimum atomic E-state index is 0.0344. The van der Waals surface area contributed by atoms with Gasteiger partial charge in [0.15, 0.2) is 0 Å². The number of amides is 2. The molecular weight excluding hydrogens is 300 g/mol. The smallest absolute Gasteiger partial charge is 0.326 e. The van der Waals surface area contributed by atoms with E-state index in [0.717, 1.165) is 40.9 Å². The van der Waals surface area contributed by atoms with E-state index in [1.54, 1.807) is 11.4 Å². The second-order valence-corrected chi connectivity index (χ2v) is 6.43. The summed E-state index contributed by atoms with van der Waals surface area (Å²) < 4.78 is 0. The Balaban J connectivity index is 1.76. The number of para-hydroxylation sites is 1. The standard InChI is InChI=1S/C20H18N2O2/c1-12-5-6-14(16-8-10-18(24)21-19(12)16)11-15-4-2-3-13-7-9-17(23)22-20(13)15/h2-6,8,10H,7,9,11H2,1H3,(H,21,24)(H,22,23)/p+1. The normalized spacial score (nSPS) is 15.7. The molecule has 0 fully saturated rings. The molecule has 2 heterocycles. The monoisotopic (exact) mass is 319 g/mol. The van der Waals surface area contributed by atoms with E-state index < -0.39 is 0 Å². The fraction of sp³-hybridized carbons (Fsp3) is 0.200. The van der Waals surface area contributed by atoms with Crippen LogP contribution in [0.1, 0.15) is 34.2 Å². The highest BCUT2D eigenvalue weighted by Crippen LogP contribution is 2.31. The van der Waals surface area contributed by atoms with Gasteiger partial charge in [0, 0.05) is 35.7 Å². The van der Waals surface area contributed by atoms with Crippen molar-refractivity contribution < 1.29 is 14.9 Å². The second-order valence-electron chi connectivity index (χ2n) is 6.43. The summed E-state index contributed by atoms with van der Waals surface area (Å²) >= 11 is 0. The number of anilines is 1. The first-order valence-electron chi connectivity index (χ1n) is 8.22. The Labute approximate surface area is 140 Å². The van der Waals surface area contributed by atoms with Gasteiger partial charge in [-0.05, 0) is 36.1 Å². The number of benzene rings is 2. The molecule has 0 spiro atoms. The Morgan fingerprint density at radius 3 is 2.79 bits per heavy atom. The Bertz CT molecular complexity index is 897.